The first-order chi connectivity index (χ1) is 7.68. The van der Waals surface area contributed by atoms with Crippen LogP contribution in [0.4, 0.5) is 5.13 Å². The minimum atomic E-state index is -0.492. The van der Waals surface area contributed by atoms with Crippen molar-refractivity contribution in [2.75, 3.05) is 12.1 Å². The topological polar surface area (TPSA) is 59.3 Å². The maximum atomic E-state index is 10.5. The van der Waals surface area contributed by atoms with Crippen LogP contribution >= 0.6 is 11.3 Å². The molecule has 1 aromatic carbocycles. The second kappa shape index (κ2) is 4.28. The molecule has 2 rings (SSSR count). The highest BCUT2D eigenvalue weighted by molar-refractivity contribution is 7.14. The van der Waals surface area contributed by atoms with Gasteiger partial charge in [0.05, 0.1) is 12.7 Å². The van der Waals surface area contributed by atoms with Crippen molar-refractivity contribution >= 4 is 16.5 Å². The van der Waals surface area contributed by atoms with Crippen molar-refractivity contribution < 1.29 is 5.03 Å². The SMILES string of the molecule is CN(c1nc(-c2ccccc2)cs1)[N+](=O)[O-]. The third-order valence-electron chi connectivity index (χ3n) is 2.08. The third kappa shape index (κ3) is 2.01. The molecule has 0 spiro atoms. The monoisotopic (exact) mass is 235 g/mol. The molecule has 0 N–H and O–H groups in total. The van der Waals surface area contributed by atoms with E-state index in [-0.39, 0.29) is 0 Å². The number of nitro groups is 1. The fourth-order valence-electron chi connectivity index (χ4n) is 1.22. The van der Waals surface area contributed by atoms with Crippen LogP contribution in [0, 0.1) is 10.1 Å². The second-order valence-corrected chi connectivity index (χ2v) is 3.98. The van der Waals surface area contributed by atoms with Gasteiger partial charge in [-0.15, -0.1) is 0 Å². The number of hydrogen-bond acceptors (Lipinski definition) is 4. The van der Waals surface area contributed by atoms with E-state index in [0.29, 0.717) is 5.13 Å². The van der Waals surface area contributed by atoms with E-state index in [4.69, 9.17) is 0 Å². The van der Waals surface area contributed by atoms with Gasteiger partial charge in [0.25, 0.3) is 0 Å². The average molecular weight is 235 g/mol. The highest BCUT2D eigenvalue weighted by Crippen LogP contribution is 2.26. The van der Waals surface area contributed by atoms with Gasteiger partial charge in [-0.3, -0.25) is 0 Å². The maximum absolute atomic E-state index is 10.5. The van der Waals surface area contributed by atoms with Crippen molar-refractivity contribution in [2.45, 2.75) is 0 Å². The number of aromatic nitrogens is 1. The summed E-state index contributed by atoms with van der Waals surface area (Å²) in [5.41, 5.74) is 1.72. The zero-order chi connectivity index (χ0) is 11.5. The molecule has 0 aliphatic heterocycles. The lowest BCUT2D eigenvalue weighted by Gasteiger charge is -2.02. The van der Waals surface area contributed by atoms with Gasteiger partial charge in [0.1, 0.15) is 0 Å². The largest absolute Gasteiger partial charge is 0.249 e. The molecular formula is C10H9N3O2S. The molecule has 1 heterocycles. The first-order valence-electron chi connectivity index (χ1n) is 4.57. The average Bonchev–Trinajstić information content (AvgIpc) is 2.78. The quantitative estimate of drug-likeness (QED) is 0.605. The van der Waals surface area contributed by atoms with E-state index in [9.17, 15) is 10.1 Å². The van der Waals surface area contributed by atoms with Crippen molar-refractivity contribution in [3.63, 3.8) is 0 Å². The van der Waals surface area contributed by atoms with E-state index < -0.39 is 5.03 Å². The Hall–Kier alpha value is -1.95. The fourth-order valence-corrected chi connectivity index (χ4v) is 2.00. The molecule has 0 fully saturated rings. The van der Waals surface area contributed by atoms with Crippen molar-refractivity contribution in [1.29, 1.82) is 0 Å². The Morgan fingerprint density at radius 3 is 2.69 bits per heavy atom. The number of nitrogens with zero attached hydrogens (tertiary/aromatic N) is 3. The van der Waals surface area contributed by atoms with Gasteiger partial charge in [-0.25, -0.2) is 15.1 Å². The molecule has 0 atom stereocenters. The molecule has 0 aliphatic rings. The molecule has 16 heavy (non-hydrogen) atoms. The Morgan fingerprint density at radius 1 is 1.38 bits per heavy atom. The van der Waals surface area contributed by atoms with Crippen LogP contribution in [0.3, 0.4) is 0 Å². The summed E-state index contributed by atoms with van der Waals surface area (Å²) in [4.78, 5) is 14.7. The van der Waals surface area contributed by atoms with Crippen molar-refractivity contribution in [2.24, 2.45) is 0 Å². The highest BCUT2D eigenvalue weighted by atomic mass is 32.1. The van der Waals surface area contributed by atoms with E-state index in [2.05, 4.69) is 4.98 Å². The Morgan fingerprint density at radius 2 is 2.06 bits per heavy atom. The minimum Gasteiger partial charge on any atom is -0.234 e. The molecule has 0 bridgehead atoms. The molecule has 0 saturated carbocycles. The predicted octanol–water partition coefficient (Wildman–Crippen LogP) is 2.44. The lowest BCUT2D eigenvalue weighted by atomic mass is 10.2. The Kier molecular flexibility index (Phi) is 2.82. The molecular weight excluding hydrogens is 226 g/mol. The van der Waals surface area contributed by atoms with Gasteiger partial charge >= 0.3 is 0 Å². The smallest absolute Gasteiger partial charge is 0.234 e. The zero-order valence-corrected chi connectivity index (χ0v) is 9.35. The lowest BCUT2D eigenvalue weighted by Crippen LogP contribution is -2.24. The standard InChI is InChI=1S/C10H9N3O2S/c1-12(13(14)15)10-11-9(7-16-10)8-5-3-2-4-6-8/h2-7H,1H3. The highest BCUT2D eigenvalue weighted by Gasteiger charge is 2.15. The van der Waals surface area contributed by atoms with Crippen molar-refractivity contribution in [3.05, 3.63) is 45.8 Å². The number of benzene rings is 1. The Balaban J connectivity index is 2.30. The van der Waals surface area contributed by atoms with Crippen molar-refractivity contribution in [1.82, 2.24) is 4.98 Å². The summed E-state index contributed by atoms with van der Waals surface area (Å²) in [6.45, 7) is 0. The van der Waals surface area contributed by atoms with Gasteiger partial charge in [0.2, 0.25) is 5.13 Å². The molecule has 0 saturated heterocycles. The molecule has 2 aromatic rings. The number of rotatable bonds is 3. The van der Waals surface area contributed by atoms with Gasteiger partial charge < -0.3 is 0 Å². The van der Waals surface area contributed by atoms with Crippen LogP contribution in [0.1, 0.15) is 0 Å². The van der Waals surface area contributed by atoms with Crippen LogP contribution in [-0.4, -0.2) is 17.1 Å². The van der Waals surface area contributed by atoms with Crippen LogP contribution in [0.2, 0.25) is 0 Å². The second-order valence-electron chi connectivity index (χ2n) is 3.14. The van der Waals surface area contributed by atoms with E-state index in [0.717, 1.165) is 16.3 Å². The van der Waals surface area contributed by atoms with Crippen molar-refractivity contribution in [3.8, 4) is 11.3 Å². The third-order valence-corrected chi connectivity index (χ3v) is 2.99. The predicted molar refractivity (Wildman–Crippen MR) is 62.9 cm³/mol. The summed E-state index contributed by atoms with van der Waals surface area (Å²) in [6.07, 6.45) is 0. The van der Waals surface area contributed by atoms with Gasteiger partial charge in [0.15, 0.2) is 5.03 Å². The minimum absolute atomic E-state index is 0.379. The number of hydrogen-bond donors (Lipinski definition) is 0. The normalized spacial score (nSPS) is 10.1. The van der Waals surface area contributed by atoms with Gasteiger partial charge in [0, 0.05) is 10.9 Å². The molecule has 5 nitrogen and oxygen atoms in total. The van der Waals surface area contributed by atoms with Gasteiger partial charge in [-0.05, 0) is 0 Å². The first-order valence-corrected chi connectivity index (χ1v) is 5.45. The summed E-state index contributed by atoms with van der Waals surface area (Å²) in [5, 5.41) is 13.2. The van der Waals surface area contributed by atoms with Gasteiger partial charge in [-0.2, -0.15) is 0 Å². The molecule has 0 amide bonds. The van der Waals surface area contributed by atoms with E-state index in [1.807, 2.05) is 35.7 Å². The summed E-state index contributed by atoms with van der Waals surface area (Å²) < 4.78 is 0. The molecule has 6 heteroatoms. The van der Waals surface area contributed by atoms with Gasteiger partial charge in [-0.1, -0.05) is 46.7 Å². The summed E-state index contributed by atoms with van der Waals surface area (Å²) >= 11 is 1.25. The number of hydrazine groups is 1. The lowest BCUT2D eigenvalue weighted by molar-refractivity contribution is -0.490. The summed E-state index contributed by atoms with van der Waals surface area (Å²) in [5.74, 6) is 0. The molecule has 0 aliphatic carbocycles. The Bertz CT molecular complexity index is 498. The Labute approximate surface area is 96.1 Å². The number of anilines is 1. The van der Waals surface area contributed by atoms with Crippen LogP contribution < -0.4 is 5.01 Å². The van der Waals surface area contributed by atoms with Crippen LogP contribution in [-0.2, 0) is 0 Å². The molecule has 0 radical (unpaired) electrons. The molecule has 1 aromatic heterocycles. The summed E-state index contributed by atoms with van der Waals surface area (Å²) in [7, 11) is 1.38. The summed E-state index contributed by atoms with van der Waals surface area (Å²) in [6, 6.07) is 9.58. The van der Waals surface area contributed by atoms with Crippen LogP contribution in [0.5, 0.6) is 0 Å². The number of thiazole rings is 1. The fraction of sp³-hybridized carbons (Fsp3) is 0.100. The first kappa shape index (κ1) is 10.6. The molecule has 0 unspecified atom stereocenters. The molecule has 82 valence electrons. The maximum Gasteiger partial charge on any atom is 0.249 e. The van der Waals surface area contributed by atoms with Crippen LogP contribution in [0.15, 0.2) is 35.7 Å². The van der Waals surface area contributed by atoms with E-state index in [1.54, 1.807) is 0 Å². The van der Waals surface area contributed by atoms with E-state index >= 15 is 0 Å². The zero-order valence-electron chi connectivity index (χ0n) is 8.53. The van der Waals surface area contributed by atoms with Crippen LogP contribution in [0.25, 0.3) is 11.3 Å². The van der Waals surface area contributed by atoms with E-state index in [1.165, 1.54) is 18.4 Å².